The molecule has 7 heteroatoms. The lowest BCUT2D eigenvalue weighted by Gasteiger charge is -2.33. The molecule has 3 aromatic rings. The Labute approximate surface area is 190 Å². The molecule has 4 nitrogen and oxygen atoms in total. The summed E-state index contributed by atoms with van der Waals surface area (Å²) in [5.74, 6) is -1.91. The third-order valence-electron chi connectivity index (χ3n) is 5.76. The van der Waals surface area contributed by atoms with Gasteiger partial charge in [0.25, 0.3) is 0 Å². The summed E-state index contributed by atoms with van der Waals surface area (Å²) in [7, 11) is 0. The highest BCUT2D eigenvalue weighted by Crippen LogP contribution is 2.40. The number of aliphatic hydroxyl groups excluding tert-OH is 2. The molecule has 0 bridgehead atoms. The van der Waals surface area contributed by atoms with Crippen LogP contribution in [0, 0.1) is 11.6 Å². The minimum Gasteiger partial charge on any atom is -0.488 e. The van der Waals surface area contributed by atoms with Crippen molar-refractivity contribution >= 4 is 22.4 Å². The summed E-state index contributed by atoms with van der Waals surface area (Å²) in [5, 5.41) is 22.0. The van der Waals surface area contributed by atoms with Gasteiger partial charge < -0.3 is 19.7 Å². The molecule has 0 radical (unpaired) electrons. The highest BCUT2D eigenvalue weighted by Gasteiger charge is 2.30. The van der Waals surface area contributed by atoms with E-state index in [-0.39, 0.29) is 25.4 Å². The third kappa shape index (κ3) is 4.59. The van der Waals surface area contributed by atoms with E-state index >= 15 is 0 Å². The minimum atomic E-state index is -0.761. The molecule has 1 heterocycles. The number of fused-ring (bicyclic) bond motifs is 1. The lowest BCUT2D eigenvalue weighted by atomic mass is 9.90. The first kappa shape index (κ1) is 22.9. The van der Waals surface area contributed by atoms with Gasteiger partial charge in [0.15, 0.2) is 17.4 Å². The van der Waals surface area contributed by atoms with Crippen molar-refractivity contribution in [3.8, 4) is 5.75 Å². The molecular weight excluding hydrogens is 438 g/mol. The average molecular weight is 463 g/mol. The third-order valence-corrected chi connectivity index (χ3v) is 6.20. The molecular formula is C25H25ClF2O4. The molecule has 4 rings (SSSR count). The molecule has 3 unspecified atom stereocenters. The van der Waals surface area contributed by atoms with Crippen molar-refractivity contribution in [2.75, 3.05) is 13.2 Å². The second-order valence-corrected chi connectivity index (χ2v) is 8.42. The summed E-state index contributed by atoms with van der Waals surface area (Å²) in [6.07, 6.45) is -0.542. The Balaban J connectivity index is 1.77. The second-order valence-electron chi connectivity index (χ2n) is 8.04. The molecule has 1 fully saturated rings. The van der Waals surface area contributed by atoms with E-state index in [1.54, 1.807) is 6.92 Å². The van der Waals surface area contributed by atoms with Crippen molar-refractivity contribution in [3.63, 3.8) is 0 Å². The molecule has 3 atom stereocenters. The number of benzene rings is 3. The summed E-state index contributed by atoms with van der Waals surface area (Å²) < 4.78 is 39.8. The number of ether oxygens (including phenoxy) is 2. The smallest absolute Gasteiger partial charge is 0.190 e. The minimum absolute atomic E-state index is 0.162. The first-order valence-electron chi connectivity index (χ1n) is 10.7. The Bertz CT molecular complexity index is 1100. The van der Waals surface area contributed by atoms with Crippen LogP contribution in [0.5, 0.6) is 5.75 Å². The fourth-order valence-corrected chi connectivity index (χ4v) is 4.63. The van der Waals surface area contributed by atoms with Gasteiger partial charge in [-0.25, -0.2) is 8.78 Å². The van der Waals surface area contributed by atoms with Crippen molar-refractivity contribution < 1.29 is 28.5 Å². The molecule has 1 aliphatic rings. The maximum Gasteiger partial charge on any atom is 0.190 e. The molecule has 0 aliphatic carbocycles. The number of hydrogen-bond donors (Lipinski definition) is 2. The fraction of sp³-hybridized carbons (Fsp3) is 0.360. The van der Waals surface area contributed by atoms with E-state index in [4.69, 9.17) is 21.1 Å². The molecule has 170 valence electrons. The van der Waals surface area contributed by atoms with Gasteiger partial charge in [0.1, 0.15) is 0 Å². The van der Waals surface area contributed by atoms with Crippen LogP contribution < -0.4 is 4.74 Å². The van der Waals surface area contributed by atoms with Crippen LogP contribution in [0.4, 0.5) is 8.78 Å². The molecule has 0 spiro atoms. The van der Waals surface area contributed by atoms with Crippen LogP contribution in [0.25, 0.3) is 10.8 Å². The Morgan fingerprint density at radius 1 is 1.09 bits per heavy atom. The van der Waals surface area contributed by atoms with Gasteiger partial charge in [-0.3, -0.25) is 0 Å². The monoisotopic (exact) mass is 462 g/mol. The summed E-state index contributed by atoms with van der Waals surface area (Å²) in [6.45, 7) is 1.64. The zero-order valence-corrected chi connectivity index (χ0v) is 18.4. The van der Waals surface area contributed by atoms with E-state index in [0.29, 0.717) is 29.0 Å². The first-order chi connectivity index (χ1) is 15.4. The van der Waals surface area contributed by atoms with Gasteiger partial charge in [0, 0.05) is 18.2 Å². The normalized spacial score (nSPS) is 21.1. The van der Waals surface area contributed by atoms with E-state index < -0.39 is 29.9 Å². The van der Waals surface area contributed by atoms with Crippen LogP contribution in [0.1, 0.15) is 42.6 Å². The number of rotatable bonds is 6. The summed E-state index contributed by atoms with van der Waals surface area (Å²) in [5.41, 5.74) is 1.93. The van der Waals surface area contributed by atoms with Crippen LogP contribution in [-0.4, -0.2) is 35.6 Å². The van der Waals surface area contributed by atoms with Gasteiger partial charge in [-0.2, -0.15) is 0 Å². The van der Waals surface area contributed by atoms with Gasteiger partial charge in [0.2, 0.25) is 0 Å². The van der Waals surface area contributed by atoms with Crippen molar-refractivity contribution in [3.05, 3.63) is 75.8 Å². The predicted molar refractivity (Wildman–Crippen MR) is 119 cm³/mol. The summed E-state index contributed by atoms with van der Waals surface area (Å²) >= 11 is 6.71. The summed E-state index contributed by atoms with van der Waals surface area (Å²) in [6, 6.07) is 11.9. The van der Waals surface area contributed by atoms with Crippen molar-refractivity contribution in [2.45, 2.75) is 44.5 Å². The van der Waals surface area contributed by atoms with Crippen LogP contribution in [-0.2, 0) is 11.2 Å². The van der Waals surface area contributed by atoms with Crippen molar-refractivity contribution in [1.29, 1.82) is 0 Å². The van der Waals surface area contributed by atoms with Gasteiger partial charge >= 0.3 is 0 Å². The largest absolute Gasteiger partial charge is 0.488 e. The standard InChI is InChI=1S/C25H25ClF2O4/c1-2-31-25-21(27)8-14(9-22(25)28)7-15-10-20(18-5-3-4-6-19(18)24(15)26)23-12-16(30)11-17(13-29)32-23/h3-6,8-10,16-17,23,29-30H,2,7,11-13H2,1H3. The topological polar surface area (TPSA) is 58.9 Å². The molecule has 2 N–H and O–H groups in total. The molecule has 32 heavy (non-hydrogen) atoms. The van der Waals surface area contributed by atoms with E-state index in [0.717, 1.165) is 16.3 Å². The SMILES string of the molecule is CCOc1c(F)cc(Cc2cc(C3CC(O)CC(CO)O3)c3ccccc3c2Cl)cc1F. The lowest BCUT2D eigenvalue weighted by Crippen LogP contribution is -2.33. The highest BCUT2D eigenvalue weighted by molar-refractivity contribution is 6.36. The van der Waals surface area contributed by atoms with E-state index in [9.17, 15) is 19.0 Å². The molecule has 0 saturated carbocycles. The van der Waals surface area contributed by atoms with Gasteiger partial charge in [-0.15, -0.1) is 0 Å². The van der Waals surface area contributed by atoms with Gasteiger partial charge in [-0.1, -0.05) is 41.9 Å². The second kappa shape index (κ2) is 9.71. The van der Waals surface area contributed by atoms with Crippen LogP contribution >= 0.6 is 11.6 Å². The summed E-state index contributed by atoms with van der Waals surface area (Å²) in [4.78, 5) is 0. The maximum atomic E-state index is 14.4. The number of hydrogen-bond acceptors (Lipinski definition) is 4. The predicted octanol–water partition coefficient (Wildman–Crippen LogP) is 5.33. The number of aliphatic hydroxyl groups is 2. The molecule has 3 aromatic carbocycles. The van der Waals surface area contributed by atoms with Gasteiger partial charge in [0.05, 0.1) is 36.5 Å². The Hall–Kier alpha value is -2.25. The number of halogens is 3. The Morgan fingerprint density at radius 3 is 2.44 bits per heavy atom. The lowest BCUT2D eigenvalue weighted by molar-refractivity contribution is -0.113. The molecule has 1 aliphatic heterocycles. The quantitative estimate of drug-likeness (QED) is 0.519. The Morgan fingerprint density at radius 2 is 1.78 bits per heavy atom. The van der Waals surface area contributed by atoms with Gasteiger partial charge in [-0.05, 0) is 47.6 Å². The van der Waals surface area contributed by atoms with Crippen LogP contribution in [0.15, 0.2) is 42.5 Å². The van der Waals surface area contributed by atoms with E-state index in [1.807, 2.05) is 30.3 Å². The maximum absolute atomic E-state index is 14.4. The zero-order chi connectivity index (χ0) is 22.8. The zero-order valence-electron chi connectivity index (χ0n) is 17.7. The van der Waals surface area contributed by atoms with Crippen molar-refractivity contribution in [1.82, 2.24) is 0 Å². The Kier molecular flexibility index (Phi) is 6.96. The molecule has 0 amide bonds. The van der Waals surface area contributed by atoms with Crippen LogP contribution in [0.3, 0.4) is 0 Å². The van der Waals surface area contributed by atoms with E-state index in [1.165, 1.54) is 12.1 Å². The highest BCUT2D eigenvalue weighted by atomic mass is 35.5. The van der Waals surface area contributed by atoms with Crippen molar-refractivity contribution in [2.24, 2.45) is 0 Å². The molecule has 1 saturated heterocycles. The van der Waals surface area contributed by atoms with E-state index in [2.05, 4.69) is 0 Å². The average Bonchev–Trinajstić information content (AvgIpc) is 2.77. The fourth-order valence-electron chi connectivity index (χ4n) is 4.35. The first-order valence-corrected chi connectivity index (χ1v) is 11.0. The molecule has 0 aromatic heterocycles. The van der Waals surface area contributed by atoms with Crippen LogP contribution in [0.2, 0.25) is 5.02 Å².